The van der Waals surface area contributed by atoms with E-state index in [9.17, 15) is 22.8 Å². The Balaban J connectivity index is 1.91. The van der Waals surface area contributed by atoms with Gasteiger partial charge in [-0.3, -0.25) is 4.79 Å². The highest BCUT2D eigenvalue weighted by Crippen LogP contribution is 2.33. The van der Waals surface area contributed by atoms with Gasteiger partial charge in [-0.15, -0.1) is 4.73 Å². The highest BCUT2D eigenvalue weighted by Gasteiger charge is 2.42. The predicted octanol–water partition coefficient (Wildman–Crippen LogP) is 2.97. The lowest BCUT2D eigenvalue weighted by Crippen LogP contribution is -2.40. The molecule has 3 rings (SSSR count). The van der Waals surface area contributed by atoms with Gasteiger partial charge >= 0.3 is 12.1 Å². The lowest BCUT2D eigenvalue weighted by atomic mass is 9.89. The van der Waals surface area contributed by atoms with Crippen LogP contribution >= 0.6 is 11.8 Å². The largest absolute Gasteiger partial charge is 0.493 e. The number of rotatable bonds is 5. The normalized spacial score (nSPS) is 20.0. The van der Waals surface area contributed by atoms with Crippen LogP contribution < -0.4 is 16.1 Å². The Labute approximate surface area is 169 Å². The Morgan fingerprint density at radius 2 is 2.00 bits per heavy atom. The van der Waals surface area contributed by atoms with Crippen LogP contribution in [0.3, 0.4) is 0 Å². The molecule has 1 saturated carbocycles. The van der Waals surface area contributed by atoms with Crippen LogP contribution in [0.5, 0.6) is 0 Å². The van der Waals surface area contributed by atoms with Crippen molar-refractivity contribution in [1.82, 2.24) is 9.71 Å². The highest BCUT2D eigenvalue weighted by molar-refractivity contribution is 7.99. The number of hydrogen-bond acceptors (Lipinski definition) is 6. The van der Waals surface area contributed by atoms with Crippen LogP contribution in [0.4, 0.5) is 13.2 Å². The van der Waals surface area contributed by atoms with Crippen LogP contribution in [0.25, 0.3) is 10.9 Å². The lowest BCUT2D eigenvalue weighted by Gasteiger charge is -2.27. The molecule has 0 bridgehead atoms. The Kier molecular flexibility index (Phi) is 6.52. The number of aryl methyl sites for hydroxylation is 1. The van der Waals surface area contributed by atoms with Gasteiger partial charge in [0.2, 0.25) is 0 Å². The second-order valence-electron chi connectivity index (χ2n) is 7.16. The maximum absolute atomic E-state index is 12.8. The summed E-state index contributed by atoms with van der Waals surface area (Å²) in [5.74, 6) is -1.81. The summed E-state index contributed by atoms with van der Waals surface area (Å²) in [5.41, 5.74) is 5.97. The third kappa shape index (κ3) is 4.92. The first-order chi connectivity index (χ1) is 13.7. The maximum atomic E-state index is 12.8. The van der Waals surface area contributed by atoms with E-state index in [4.69, 9.17) is 5.73 Å². The van der Waals surface area contributed by atoms with Gasteiger partial charge in [-0.25, -0.2) is 9.78 Å². The average molecular weight is 429 g/mol. The average Bonchev–Trinajstić information content (AvgIpc) is 2.69. The number of alkyl halides is 3. The topological polar surface area (TPSA) is 87.2 Å². The van der Waals surface area contributed by atoms with E-state index in [2.05, 4.69) is 9.82 Å². The van der Waals surface area contributed by atoms with Crippen molar-refractivity contribution in [2.24, 2.45) is 11.7 Å². The molecule has 0 atom stereocenters. The molecule has 158 valence electrons. The van der Waals surface area contributed by atoms with E-state index in [0.717, 1.165) is 25.7 Å². The summed E-state index contributed by atoms with van der Waals surface area (Å²) in [6, 6.07) is 4.80. The van der Waals surface area contributed by atoms with E-state index in [1.807, 2.05) is 0 Å². The molecule has 0 radical (unpaired) electrons. The molecule has 1 aromatic heterocycles. The summed E-state index contributed by atoms with van der Waals surface area (Å²) in [6.45, 7) is 2.40. The minimum absolute atomic E-state index is 0.0136. The second-order valence-corrected chi connectivity index (χ2v) is 8.45. The number of benzene rings is 1. The van der Waals surface area contributed by atoms with Crippen molar-refractivity contribution in [2.45, 2.75) is 49.8 Å². The third-order valence-corrected chi connectivity index (χ3v) is 6.48. The van der Waals surface area contributed by atoms with E-state index >= 15 is 0 Å². The molecule has 0 amide bonds. The van der Waals surface area contributed by atoms with Gasteiger partial charge < -0.3 is 10.6 Å². The summed E-state index contributed by atoms with van der Waals surface area (Å²) in [5, 5.41) is 0.381. The number of hydrogen-bond donors (Lipinski definition) is 1. The molecule has 1 aromatic carbocycles. The van der Waals surface area contributed by atoms with Crippen molar-refractivity contribution in [3.8, 4) is 0 Å². The van der Waals surface area contributed by atoms with Crippen LogP contribution in [0, 0.1) is 12.8 Å². The Hall–Kier alpha value is -2.07. The van der Waals surface area contributed by atoms with Gasteiger partial charge in [0.25, 0.3) is 5.56 Å². The highest BCUT2D eigenvalue weighted by atomic mass is 32.2. The predicted molar refractivity (Wildman–Crippen MR) is 104 cm³/mol. The fourth-order valence-corrected chi connectivity index (χ4v) is 4.60. The SMILES string of the molecule is Cc1cccc2c(=O)n(OC(=O)C(F)(F)F)c(CSC3CCC(CN)CC3)nc12. The number of para-hydroxylation sites is 1. The second kappa shape index (κ2) is 8.74. The Morgan fingerprint density at radius 3 is 2.62 bits per heavy atom. The van der Waals surface area contributed by atoms with Gasteiger partial charge in [0.15, 0.2) is 5.82 Å². The zero-order chi connectivity index (χ0) is 21.2. The quantitative estimate of drug-likeness (QED) is 0.786. The number of carbonyl (C=O) groups is 1. The monoisotopic (exact) mass is 429 g/mol. The molecule has 1 aliphatic rings. The number of thioether (sulfide) groups is 1. The molecule has 2 N–H and O–H groups in total. The molecule has 10 heteroatoms. The van der Waals surface area contributed by atoms with Crippen molar-refractivity contribution < 1.29 is 22.8 Å². The van der Waals surface area contributed by atoms with Crippen LogP contribution in [-0.4, -0.2) is 33.7 Å². The van der Waals surface area contributed by atoms with Crippen LogP contribution in [0.15, 0.2) is 23.0 Å². The van der Waals surface area contributed by atoms with Crippen LogP contribution in [0.1, 0.15) is 37.1 Å². The van der Waals surface area contributed by atoms with Crippen molar-refractivity contribution in [2.75, 3.05) is 6.54 Å². The molecule has 0 saturated heterocycles. The zero-order valence-corrected chi connectivity index (χ0v) is 16.7. The number of carbonyl (C=O) groups excluding carboxylic acids is 1. The molecule has 29 heavy (non-hydrogen) atoms. The van der Waals surface area contributed by atoms with Crippen LogP contribution in [-0.2, 0) is 10.5 Å². The number of nitrogens with zero attached hydrogens (tertiary/aromatic N) is 2. The van der Waals surface area contributed by atoms with Gasteiger partial charge in [-0.05, 0) is 56.7 Å². The molecule has 1 heterocycles. The first-order valence-corrected chi connectivity index (χ1v) is 10.4. The molecule has 0 spiro atoms. The van der Waals surface area contributed by atoms with E-state index < -0.39 is 17.7 Å². The summed E-state index contributed by atoms with van der Waals surface area (Å²) in [7, 11) is 0. The Bertz CT molecular complexity index is 953. The molecule has 1 fully saturated rings. The minimum Gasteiger partial charge on any atom is -0.330 e. The van der Waals surface area contributed by atoms with E-state index in [0.29, 0.717) is 28.3 Å². The number of halogens is 3. The minimum atomic E-state index is -5.22. The van der Waals surface area contributed by atoms with Gasteiger partial charge in [0, 0.05) is 5.25 Å². The molecular weight excluding hydrogens is 407 g/mol. The van der Waals surface area contributed by atoms with Gasteiger partial charge in [0.1, 0.15) is 0 Å². The molecular formula is C19H22F3N3O3S. The third-order valence-electron chi connectivity index (χ3n) is 5.11. The summed E-state index contributed by atoms with van der Waals surface area (Å²) >= 11 is 1.50. The van der Waals surface area contributed by atoms with Gasteiger partial charge in [-0.2, -0.15) is 24.9 Å². The first kappa shape index (κ1) is 21.6. The van der Waals surface area contributed by atoms with Crippen LogP contribution in [0.2, 0.25) is 0 Å². The van der Waals surface area contributed by atoms with Gasteiger partial charge in [-0.1, -0.05) is 12.1 Å². The smallest absolute Gasteiger partial charge is 0.330 e. The van der Waals surface area contributed by atoms with Crippen molar-refractivity contribution in [1.29, 1.82) is 0 Å². The van der Waals surface area contributed by atoms with E-state index in [1.165, 1.54) is 17.8 Å². The molecule has 0 unspecified atom stereocenters. The molecule has 1 aliphatic carbocycles. The molecule has 2 aromatic rings. The van der Waals surface area contributed by atoms with Crippen molar-refractivity contribution in [3.63, 3.8) is 0 Å². The standard InChI is InChI=1S/C19H22F3N3O3S/c1-11-3-2-4-14-16(11)24-15(10-29-13-7-5-12(9-23)6-8-13)25(17(14)26)28-18(27)19(20,21)22/h2-4,12-13H,5-10,23H2,1H3. The molecule has 6 nitrogen and oxygen atoms in total. The van der Waals surface area contributed by atoms with Crippen molar-refractivity contribution >= 4 is 28.6 Å². The summed E-state index contributed by atoms with van der Waals surface area (Å²) < 4.78 is 38.5. The number of fused-ring (bicyclic) bond motifs is 1. The number of aromatic nitrogens is 2. The fraction of sp³-hybridized carbons (Fsp3) is 0.526. The zero-order valence-electron chi connectivity index (χ0n) is 15.9. The Morgan fingerprint density at radius 1 is 1.31 bits per heavy atom. The fourth-order valence-electron chi connectivity index (χ4n) is 3.43. The van der Waals surface area contributed by atoms with E-state index in [-0.39, 0.29) is 22.2 Å². The van der Waals surface area contributed by atoms with Crippen molar-refractivity contribution in [3.05, 3.63) is 39.9 Å². The number of nitrogens with two attached hydrogens (primary N) is 1. The lowest BCUT2D eigenvalue weighted by molar-refractivity contribution is -0.200. The summed E-state index contributed by atoms with van der Waals surface area (Å²) in [4.78, 5) is 32.9. The van der Waals surface area contributed by atoms with E-state index in [1.54, 1.807) is 19.1 Å². The van der Waals surface area contributed by atoms with Gasteiger partial charge in [0.05, 0.1) is 16.7 Å². The first-order valence-electron chi connectivity index (χ1n) is 9.33. The summed E-state index contributed by atoms with van der Waals surface area (Å²) in [6.07, 6.45) is -1.36. The maximum Gasteiger partial charge on any atom is 0.493 e. The molecule has 0 aliphatic heterocycles.